The van der Waals surface area contributed by atoms with E-state index < -0.39 is 30.1 Å². The van der Waals surface area contributed by atoms with Crippen LogP contribution in [0.5, 0.6) is 5.75 Å². The number of methoxy groups -OCH3 is 3. The van der Waals surface area contributed by atoms with Crippen molar-refractivity contribution in [2.45, 2.75) is 12.2 Å². The van der Waals surface area contributed by atoms with Gasteiger partial charge in [0.25, 0.3) is 0 Å². The Hall–Kier alpha value is -3.17. The van der Waals surface area contributed by atoms with Crippen molar-refractivity contribution in [3.05, 3.63) is 81.0 Å². The molecular weight excluding hydrogens is 509 g/mol. The summed E-state index contributed by atoms with van der Waals surface area (Å²) >= 11 is 12.7. The Morgan fingerprint density at radius 1 is 1.08 bits per heavy atom. The Balaban J connectivity index is 2.05. The second-order valence-electron chi connectivity index (χ2n) is 7.65. The Morgan fingerprint density at radius 3 is 2.28 bits per heavy atom. The number of carbonyl (C=O) groups excluding carboxylic acids is 1. The van der Waals surface area contributed by atoms with Crippen molar-refractivity contribution in [3.8, 4) is 5.75 Å². The van der Waals surface area contributed by atoms with Gasteiger partial charge in [-0.2, -0.15) is 0 Å². The van der Waals surface area contributed by atoms with Crippen LogP contribution in [0.3, 0.4) is 0 Å². The fourth-order valence-electron chi connectivity index (χ4n) is 3.88. The molecule has 2 unspecified atom stereocenters. The van der Waals surface area contributed by atoms with Gasteiger partial charge in [0.15, 0.2) is 5.75 Å². The van der Waals surface area contributed by atoms with E-state index in [1.807, 2.05) is 30.3 Å². The number of halogens is 2. The van der Waals surface area contributed by atoms with Crippen LogP contribution in [0.15, 0.2) is 64.8 Å². The summed E-state index contributed by atoms with van der Waals surface area (Å²) in [5.41, 5.74) is 1.34. The van der Waals surface area contributed by atoms with Crippen molar-refractivity contribution < 1.29 is 33.6 Å². The van der Waals surface area contributed by atoms with E-state index in [0.717, 1.165) is 5.56 Å². The van der Waals surface area contributed by atoms with Crippen molar-refractivity contribution in [3.63, 3.8) is 0 Å². The summed E-state index contributed by atoms with van der Waals surface area (Å²) in [4.78, 5) is 29.8. The number of aliphatic imine (C=N–C) groups is 1. The summed E-state index contributed by atoms with van der Waals surface area (Å²) in [5.74, 6) is -4.02. The first-order chi connectivity index (χ1) is 17.3. The van der Waals surface area contributed by atoms with Gasteiger partial charge in [0.1, 0.15) is 18.2 Å². The van der Waals surface area contributed by atoms with Gasteiger partial charge in [0.05, 0.1) is 22.7 Å². The number of rotatable bonds is 10. The van der Waals surface area contributed by atoms with Gasteiger partial charge in [0.2, 0.25) is 6.29 Å². The Bertz CT molecular complexity index is 1170. The zero-order valence-corrected chi connectivity index (χ0v) is 21.3. The highest BCUT2D eigenvalue weighted by Gasteiger charge is 2.42. The summed E-state index contributed by atoms with van der Waals surface area (Å²) in [6.45, 7) is -0.0621. The number of ether oxygens (including phenoxy) is 4. The highest BCUT2D eigenvalue weighted by Crippen LogP contribution is 2.43. The van der Waals surface area contributed by atoms with Crippen molar-refractivity contribution in [2.75, 3.05) is 27.9 Å². The molecule has 36 heavy (non-hydrogen) atoms. The Morgan fingerprint density at radius 2 is 1.72 bits per heavy atom. The normalized spacial score (nSPS) is 17.6. The van der Waals surface area contributed by atoms with Gasteiger partial charge in [-0.05, 0) is 29.3 Å². The van der Waals surface area contributed by atoms with Gasteiger partial charge in [-0.25, -0.2) is 4.79 Å². The largest absolute Gasteiger partial charge is 0.494 e. The molecule has 0 radical (unpaired) electrons. The first-order valence-corrected chi connectivity index (χ1v) is 11.6. The summed E-state index contributed by atoms with van der Waals surface area (Å²) in [6, 6.07) is 12.5. The number of carbonyl (C=O) groups is 2. The van der Waals surface area contributed by atoms with Crippen LogP contribution in [-0.2, 0) is 23.8 Å². The van der Waals surface area contributed by atoms with Crippen molar-refractivity contribution >= 4 is 47.4 Å². The van der Waals surface area contributed by atoms with E-state index in [4.69, 9.17) is 42.1 Å². The van der Waals surface area contributed by atoms with Crippen LogP contribution in [0.25, 0.3) is 6.08 Å². The Kier molecular flexibility index (Phi) is 9.66. The molecule has 2 aromatic rings. The molecule has 3 rings (SSSR count). The van der Waals surface area contributed by atoms with Gasteiger partial charge in [0, 0.05) is 26.4 Å². The molecule has 0 amide bonds. The van der Waals surface area contributed by atoms with Crippen LogP contribution < -0.4 is 4.74 Å². The molecule has 0 spiro atoms. The monoisotopic (exact) mass is 533 g/mol. The maximum atomic E-state index is 13.4. The highest BCUT2D eigenvalue weighted by molar-refractivity contribution is 6.37. The van der Waals surface area contributed by atoms with Crippen LogP contribution >= 0.6 is 23.2 Å². The minimum Gasteiger partial charge on any atom is -0.494 e. The minimum absolute atomic E-state index is 0.0380. The third kappa shape index (κ3) is 6.14. The first kappa shape index (κ1) is 27.4. The Labute approximate surface area is 218 Å². The zero-order valence-electron chi connectivity index (χ0n) is 19.8. The van der Waals surface area contributed by atoms with E-state index in [-0.39, 0.29) is 33.7 Å². The van der Waals surface area contributed by atoms with E-state index in [9.17, 15) is 14.7 Å². The lowest BCUT2D eigenvalue weighted by molar-refractivity contribution is -0.141. The second-order valence-corrected chi connectivity index (χ2v) is 8.47. The van der Waals surface area contributed by atoms with Gasteiger partial charge < -0.3 is 24.1 Å². The molecule has 1 aliphatic heterocycles. The molecule has 0 saturated heterocycles. The average molecular weight is 534 g/mol. The first-order valence-electron chi connectivity index (χ1n) is 10.8. The van der Waals surface area contributed by atoms with Crippen molar-refractivity contribution in [1.82, 2.24) is 0 Å². The maximum Gasteiger partial charge on any atom is 0.337 e. The van der Waals surface area contributed by atoms with Crippen molar-refractivity contribution in [1.29, 1.82) is 0 Å². The van der Waals surface area contributed by atoms with Gasteiger partial charge in [-0.1, -0.05) is 59.6 Å². The SMILES string of the molecule is COc1c(Cl)cc(C2C(C(=O)OC/C=C/c3ccccc3)=C(C(OC)OC)N=CC2C(=O)O)cc1Cl. The molecule has 0 bridgehead atoms. The molecule has 0 fully saturated rings. The van der Waals surface area contributed by atoms with Crippen LogP contribution in [0, 0.1) is 5.92 Å². The number of aliphatic carboxylic acids is 1. The number of carboxylic acids is 1. The van der Waals surface area contributed by atoms with Gasteiger partial charge in [-0.3, -0.25) is 9.79 Å². The van der Waals surface area contributed by atoms with Crippen LogP contribution in [-0.4, -0.2) is 57.5 Å². The third-order valence-corrected chi connectivity index (χ3v) is 6.04. The number of benzene rings is 2. The van der Waals surface area contributed by atoms with Crippen molar-refractivity contribution in [2.24, 2.45) is 10.9 Å². The quantitative estimate of drug-likeness (QED) is 0.338. The standard InChI is InChI=1S/C26H25Cl2NO7/c1-33-23-18(27)12-16(13-19(23)28)20-17(24(30)31)14-29-22(26(34-2)35-3)21(20)25(32)36-11-7-10-15-8-5-4-6-9-15/h4-10,12-14,17,20,26H,11H2,1-3H3,(H,30,31)/b10-7+. The third-order valence-electron chi connectivity index (χ3n) is 5.48. The van der Waals surface area contributed by atoms with Crippen LogP contribution in [0.4, 0.5) is 0 Å². The molecule has 1 heterocycles. The molecule has 2 aromatic carbocycles. The molecule has 0 aliphatic carbocycles. The van der Waals surface area contributed by atoms with E-state index in [1.54, 1.807) is 12.2 Å². The predicted octanol–water partition coefficient (Wildman–Crippen LogP) is 5.00. The number of nitrogens with zero attached hydrogens (tertiary/aromatic N) is 1. The second kappa shape index (κ2) is 12.7. The van der Waals surface area contributed by atoms with Gasteiger partial charge >= 0.3 is 11.9 Å². The molecule has 2 atom stereocenters. The fourth-order valence-corrected chi connectivity index (χ4v) is 4.54. The van der Waals surface area contributed by atoms with Gasteiger partial charge in [-0.15, -0.1) is 0 Å². The number of hydrogen-bond acceptors (Lipinski definition) is 7. The summed E-state index contributed by atoms with van der Waals surface area (Å²) in [6.07, 6.45) is 3.65. The fraction of sp³-hybridized carbons (Fsp3) is 0.269. The topological polar surface area (TPSA) is 104 Å². The lowest BCUT2D eigenvalue weighted by Gasteiger charge is -2.30. The zero-order chi connectivity index (χ0) is 26.2. The lowest BCUT2D eigenvalue weighted by atomic mass is 9.78. The van der Waals surface area contributed by atoms with E-state index >= 15 is 0 Å². The summed E-state index contributed by atoms with van der Waals surface area (Å²) < 4.78 is 21.4. The molecule has 10 heteroatoms. The lowest BCUT2D eigenvalue weighted by Crippen LogP contribution is -2.34. The molecule has 190 valence electrons. The molecule has 1 aliphatic rings. The smallest absolute Gasteiger partial charge is 0.337 e. The summed E-state index contributed by atoms with van der Waals surface area (Å²) in [5, 5.41) is 10.3. The molecule has 0 aromatic heterocycles. The van der Waals surface area contributed by atoms with E-state index in [0.29, 0.717) is 5.56 Å². The highest BCUT2D eigenvalue weighted by atomic mass is 35.5. The molecule has 0 saturated carbocycles. The van der Waals surface area contributed by atoms with Crippen LogP contribution in [0.1, 0.15) is 17.0 Å². The molecule has 8 nitrogen and oxygen atoms in total. The number of carboxylic acid groups (broad SMARTS) is 1. The van der Waals surface area contributed by atoms with E-state index in [2.05, 4.69) is 4.99 Å². The summed E-state index contributed by atoms with van der Waals surface area (Å²) in [7, 11) is 4.16. The number of hydrogen-bond donors (Lipinski definition) is 1. The predicted molar refractivity (Wildman–Crippen MR) is 137 cm³/mol. The van der Waals surface area contributed by atoms with E-state index in [1.165, 1.54) is 39.7 Å². The van der Waals surface area contributed by atoms with Crippen LogP contribution in [0.2, 0.25) is 10.0 Å². The molecule has 1 N–H and O–H groups in total. The number of esters is 1. The average Bonchev–Trinajstić information content (AvgIpc) is 2.87. The maximum absolute atomic E-state index is 13.4. The molecular formula is C26H25Cl2NO7. The minimum atomic E-state index is -1.22.